The van der Waals surface area contributed by atoms with Gasteiger partial charge in [0, 0.05) is 24.1 Å². The van der Waals surface area contributed by atoms with E-state index in [2.05, 4.69) is 4.57 Å². The molecule has 0 aliphatic carbocycles. The maximum atomic E-state index is 12.9. The van der Waals surface area contributed by atoms with Gasteiger partial charge in [-0.1, -0.05) is 0 Å². The molecule has 0 radical (unpaired) electrons. The van der Waals surface area contributed by atoms with Gasteiger partial charge in [-0.3, -0.25) is 4.79 Å². The van der Waals surface area contributed by atoms with Crippen LogP contribution in [0.25, 0.3) is 6.08 Å². The average Bonchev–Trinajstić information content (AvgIpc) is 2.97. The summed E-state index contributed by atoms with van der Waals surface area (Å²) in [6.45, 7) is 5.83. The first-order valence-electron chi connectivity index (χ1n) is 9.03. The molecule has 0 spiro atoms. The van der Waals surface area contributed by atoms with Crippen molar-refractivity contribution >= 4 is 17.8 Å². The van der Waals surface area contributed by atoms with Gasteiger partial charge in [0.1, 0.15) is 17.5 Å². The van der Waals surface area contributed by atoms with E-state index < -0.39 is 24.2 Å². The van der Waals surface area contributed by atoms with Crippen LogP contribution in [0.15, 0.2) is 35.9 Å². The highest BCUT2D eigenvalue weighted by molar-refractivity contribution is 6.01. The van der Waals surface area contributed by atoms with Crippen LogP contribution in [-0.2, 0) is 14.3 Å². The van der Waals surface area contributed by atoms with E-state index in [-0.39, 0.29) is 17.2 Å². The maximum absolute atomic E-state index is 12.9. The lowest BCUT2D eigenvalue weighted by molar-refractivity contribution is -0.137. The molecule has 29 heavy (non-hydrogen) atoms. The summed E-state index contributed by atoms with van der Waals surface area (Å²) in [5.74, 6) is -1.84. The second-order valence-corrected chi connectivity index (χ2v) is 6.68. The number of methoxy groups -OCH3 is 1. The van der Waals surface area contributed by atoms with Crippen molar-refractivity contribution in [2.75, 3.05) is 20.3 Å². The molecule has 6 nitrogen and oxygen atoms in total. The Kier molecular flexibility index (Phi) is 7.46. The van der Waals surface area contributed by atoms with E-state index in [4.69, 9.17) is 9.47 Å². The first-order chi connectivity index (χ1) is 13.8. The zero-order valence-corrected chi connectivity index (χ0v) is 16.9. The summed E-state index contributed by atoms with van der Waals surface area (Å²) in [4.78, 5) is 24.3. The van der Waals surface area contributed by atoms with Crippen molar-refractivity contribution in [2.45, 2.75) is 26.8 Å². The minimum atomic E-state index is -0.891. The number of ketones is 1. The molecule has 0 saturated heterocycles. The molecule has 0 unspecified atom stereocenters. The van der Waals surface area contributed by atoms with Crippen molar-refractivity contribution in [1.29, 1.82) is 5.26 Å². The van der Waals surface area contributed by atoms with E-state index >= 15 is 0 Å². The number of nitrogens with zero attached hydrogens (tertiary/aromatic N) is 2. The number of carbonyl (C=O) groups excluding carboxylic acids is 2. The molecule has 7 heteroatoms. The van der Waals surface area contributed by atoms with E-state index in [0.29, 0.717) is 12.2 Å². The Balaban J connectivity index is 2.14. The van der Waals surface area contributed by atoms with E-state index in [1.165, 1.54) is 18.2 Å². The van der Waals surface area contributed by atoms with Gasteiger partial charge < -0.3 is 14.0 Å². The average molecular weight is 398 g/mol. The molecule has 1 atom stereocenters. The molecule has 1 aromatic heterocycles. The number of Topliss-reactive ketones (excluding diaryl/α,β-unsaturated/α-hetero) is 1. The quantitative estimate of drug-likeness (QED) is 0.293. The standard InChI is InChI=1S/C22H23FN2O4/c1-14-9-18(16(3)25(14)15(2)12-28-4)10-19(11-24)22(27)29-13-21(26)17-5-7-20(23)8-6-17/h5-10,15H,12-13H2,1-4H3/b19-10+/t15-/m0/s1. The Labute approximate surface area is 169 Å². The van der Waals surface area contributed by atoms with Crippen LogP contribution in [0.2, 0.25) is 0 Å². The van der Waals surface area contributed by atoms with Gasteiger partial charge in [0.05, 0.1) is 12.6 Å². The maximum Gasteiger partial charge on any atom is 0.349 e. The predicted octanol–water partition coefficient (Wildman–Crippen LogP) is 3.78. The molecule has 0 aliphatic heterocycles. The summed E-state index contributed by atoms with van der Waals surface area (Å²) in [5, 5.41) is 9.36. The molecule has 0 N–H and O–H groups in total. The van der Waals surface area contributed by atoms with E-state index in [1.54, 1.807) is 7.11 Å². The van der Waals surface area contributed by atoms with Gasteiger partial charge in [0.15, 0.2) is 12.4 Å². The smallest absolute Gasteiger partial charge is 0.349 e. The van der Waals surface area contributed by atoms with E-state index in [0.717, 1.165) is 23.5 Å². The van der Waals surface area contributed by atoms with Gasteiger partial charge >= 0.3 is 5.97 Å². The molecule has 1 heterocycles. The van der Waals surface area contributed by atoms with E-state index in [1.807, 2.05) is 32.9 Å². The minimum Gasteiger partial charge on any atom is -0.453 e. The molecule has 0 aliphatic rings. The number of aromatic nitrogens is 1. The molecule has 0 fully saturated rings. The van der Waals surface area contributed by atoms with Crippen LogP contribution in [0, 0.1) is 31.0 Å². The van der Waals surface area contributed by atoms with Crippen molar-refractivity contribution in [3.63, 3.8) is 0 Å². The Morgan fingerprint density at radius 2 is 1.93 bits per heavy atom. The fraction of sp³-hybridized carbons (Fsp3) is 0.318. The van der Waals surface area contributed by atoms with Crippen LogP contribution >= 0.6 is 0 Å². The second-order valence-electron chi connectivity index (χ2n) is 6.68. The van der Waals surface area contributed by atoms with Crippen LogP contribution < -0.4 is 0 Å². The van der Waals surface area contributed by atoms with Crippen molar-refractivity contribution in [1.82, 2.24) is 4.57 Å². The van der Waals surface area contributed by atoms with Gasteiger partial charge in [-0.15, -0.1) is 0 Å². The number of nitriles is 1. The fourth-order valence-electron chi connectivity index (χ4n) is 3.16. The first-order valence-corrected chi connectivity index (χ1v) is 9.03. The molecule has 0 amide bonds. The Hall–Kier alpha value is -3.24. The van der Waals surface area contributed by atoms with Crippen molar-refractivity contribution < 1.29 is 23.5 Å². The molecule has 2 aromatic rings. The fourth-order valence-corrected chi connectivity index (χ4v) is 3.16. The summed E-state index contributed by atoms with van der Waals surface area (Å²) < 4.78 is 25.2. The number of hydrogen-bond acceptors (Lipinski definition) is 5. The van der Waals surface area contributed by atoms with Gasteiger partial charge in [-0.25, -0.2) is 9.18 Å². The molecular weight excluding hydrogens is 375 g/mol. The number of rotatable bonds is 8. The molecule has 0 bridgehead atoms. The van der Waals surface area contributed by atoms with Crippen molar-refractivity contribution in [3.05, 3.63) is 64.2 Å². The summed E-state index contributed by atoms with van der Waals surface area (Å²) in [7, 11) is 1.63. The summed E-state index contributed by atoms with van der Waals surface area (Å²) in [5.41, 5.74) is 2.57. The first kappa shape index (κ1) is 22.1. The molecule has 152 valence electrons. The van der Waals surface area contributed by atoms with Gasteiger partial charge in [0.2, 0.25) is 0 Å². The summed E-state index contributed by atoms with van der Waals surface area (Å²) in [6.07, 6.45) is 1.45. The van der Waals surface area contributed by atoms with Crippen molar-refractivity contribution in [2.24, 2.45) is 0 Å². The highest BCUT2D eigenvalue weighted by Crippen LogP contribution is 2.23. The summed E-state index contributed by atoms with van der Waals surface area (Å²) >= 11 is 0. The number of aryl methyl sites for hydroxylation is 1. The monoisotopic (exact) mass is 398 g/mol. The van der Waals surface area contributed by atoms with Crippen LogP contribution in [0.4, 0.5) is 4.39 Å². The third-order valence-corrected chi connectivity index (χ3v) is 4.51. The Morgan fingerprint density at radius 1 is 1.28 bits per heavy atom. The predicted molar refractivity (Wildman–Crippen MR) is 106 cm³/mol. The highest BCUT2D eigenvalue weighted by atomic mass is 19.1. The van der Waals surface area contributed by atoms with Gasteiger partial charge in [-0.05, 0) is 62.7 Å². The zero-order chi connectivity index (χ0) is 21.6. The molecular formula is C22H23FN2O4. The second kappa shape index (κ2) is 9.80. The number of benzene rings is 1. The lowest BCUT2D eigenvalue weighted by Crippen LogP contribution is -2.15. The Morgan fingerprint density at radius 3 is 2.52 bits per heavy atom. The van der Waals surface area contributed by atoms with E-state index in [9.17, 15) is 19.2 Å². The lowest BCUT2D eigenvalue weighted by Gasteiger charge is -2.17. The molecule has 0 saturated carbocycles. The topological polar surface area (TPSA) is 81.3 Å². The van der Waals surface area contributed by atoms with Crippen LogP contribution in [0.1, 0.15) is 40.3 Å². The third kappa shape index (κ3) is 5.39. The normalized spacial score (nSPS) is 12.3. The number of carbonyl (C=O) groups is 2. The third-order valence-electron chi connectivity index (χ3n) is 4.51. The number of halogens is 1. The van der Waals surface area contributed by atoms with Gasteiger partial charge in [0.25, 0.3) is 0 Å². The summed E-state index contributed by atoms with van der Waals surface area (Å²) in [6, 6.07) is 8.70. The number of ether oxygens (including phenoxy) is 2. The lowest BCUT2D eigenvalue weighted by atomic mass is 10.1. The Bertz CT molecular complexity index is 968. The number of hydrogen-bond donors (Lipinski definition) is 0. The largest absolute Gasteiger partial charge is 0.453 e. The van der Waals surface area contributed by atoms with Crippen LogP contribution in [0.5, 0.6) is 0 Å². The van der Waals surface area contributed by atoms with Crippen molar-refractivity contribution in [3.8, 4) is 6.07 Å². The zero-order valence-electron chi connectivity index (χ0n) is 16.9. The highest BCUT2D eigenvalue weighted by Gasteiger charge is 2.17. The molecule has 2 rings (SSSR count). The number of esters is 1. The van der Waals surface area contributed by atoms with Crippen LogP contribution in [0.3, 0.4) is 0 Å². The van der Waals surface area contributed by atoms with Crippen LogP contribution in [-0.4, -0.2) is 36.6 Å². The van der Waals surface area contributed by atoms with Gasteiger partial charge in [-0.2, -0.15) is 5.26 Å². The SMILES string of the molecule is COC[C@H](C)n1c(C)cc(/C=C(\C#N)C(=O)OCC(=O)c2ccc(F)cc2)c1C. The minimum absolute atomic E-state index is 0.0907. The molecule has 1 aromatic carbocycles.